The summed E-state index contributed by atoms with van der Waals surface area (Å²) in [5, 5.41) is 7.33. The molecule has 1 fully saturated rings. The number of benzene rings is 2. The minimum atomic E-state index is -0.544. The van der Waals surface area contributed by atoms with Gasteiger partial charge in [-0.25, -0.2) is 14.4 Å². The first kappa shape index (κ1) is 21.9. The summed E-state index contributed by atoms with van der Waals surface area (Å²) in [5.41, 5.74) is 2.42. The number of carbonyl (C=O) groups excluding carboxylic acids is 1. The van der Waals surface area contributed by atoms with Gasteiger partial charge in [0, 0.05) is 43.2 Å². The molecule has 0 aliphatic carbocycles. The lowest BCUT2D eigenvalue weighted by molar-refractivity contribution is 0.0985. The third kappa shape index (κ3) is 4.36. The third-order valence-corrected chi connectivity index (χ3v) is 7.00. The molecule has 1 saturated heterocycles. The number of piperazine rings is 1. The molecule has 1 amide bonds. The molecule has 1 aromatic heterocycles. The van der Waals surface area contributed by atoms with Gasteiger partial charge in [0.2, 0.25) is 5.95 Å². The van der Waals surface area contributed by atoms with Gasteiger partial charge < -0.3 is 15.5 Å². The first-order chi connectivity index (χ1) is 16.0. The minimum Gasteiger partial charge on any atom is -0.366 e. The maximum absolute atomic E-state index is 14.3. The van der Waals surface area contributed by atoms with E-state index in [-0.39, 0.29) is 22.5 Å². The van der Waals surface area contributed by atoms with Crippen LogP contribution in [0.25, 0.3) is 0 Å². The molecule has 170 valence electrons. The first-order valence-electron chi connectivity index (χ1n) is 10.6. The lowest BCUT2D eigenvalue weighted by atomic mass is 10.1. The van der Waals surface area contributed by atoms with Crippen molar-refractivity contribution < 1.29 is 9.18 Å². The smallest absolute Gasteiger partial charge is 0.263 e. The third-order valence-electron chi connectivity index (χ3n) is 5.72. The van der Waals surface area contributed by atoms with Crippen LogP contribution in [-0.2, 0) is 0 Å². The van der Waals surface area contributed by atoms with Gasteiger partial charge in [-0.1, -0.05) is 29.4 Å². The van der Waals surface area contributed by atoms with Crippen molar-refractivity contribution in [2.75, 3.05) is 40.6 Å². The molecule has 2 aliphatic rings. The monoisotopic (exact) mass is 484 g/mol. The Morgan fingerprint density at radius 1 is 1.24 bits per heavy atom. The number of para-hydroxylation sites is 1. The topological polar surface area (TPSA) is 73.4 Å². The van der Waals surface area contributed by atoms with Crippen LogP contribution in [0.3, 0.4) is 0 Å². The second-order valence-electron chi connectivity index (χ2n) is 7.91. The zero-order valence-corrected chi connectivity index (χ0v) is 19.5. The van der Waals surface area contributed by atoms with Crippen LogP contribution in [0.5, 0.6) is 0 Å². The lowest BCUT2D eigenvalue weighted by Gasteiger charge is -2.36. The molecule has 2 aliphatic heterocycles. The van der Waals surface area contributed by atoms with Crippen molar-refractivity contribution in [3.8, 4) is 0 Å². The van der Waals surface area contributed by atoms with Gasteiger partial charge in [-0.15, -0.1) is 0 Å². The van der Waals surface area contributed by atoms with E-state index >= 15 is 0 Å². The number of aromatic nitrogens is 2. The molecule has 2 aromatic carbocycles. The molecule has 10 heteroatoms. The molecule has 3 aromatic rings. The number of nitrogens with zero attached hydrogens (tertiary/aromatic N) is 4. The predicted octanol–water partition coefficient (Wildman–Crippen LogP) is 4.52. The van der Waals surface area contributed by atoms with Gasteiger partial charge >= 0.3 is 0 Å². The average molecular weight is 485 g/mol. The fraction of sp³-hybridized carbons (Fsp3) is 0.261. The van der Waals surface area contributed by atoms with Gasteiger partial charge in [-0.05, 0) is 43.3 Å². The van der Waals surface area contributed by atoms with E-state index in [0.29, 0.717) is 22.6 Å². The maximum Gasteiger partial charge on any atom is 0.263 e. The number of halogens is 2. The van der Waals surface area contributed by atoms with Gasteiger partial charge in [0.25, 0.3) is 5.91 Å². The number of rotatable bonds is 4. The highest BCUT2D eigenvalue weighted by atomic mass is 35.5. The fourth-order valence-corrected chi connectivity index (χ4v) is 5.23. The molecule has 0 bridgehead atoms. The molecule has 0 unspecified atom stereocenters. The molecule has 5 rings (SSSR count). The number of fused-ring (bicyclic) bond motifs is 1. The molecular weight excluding hydrogens is 463 g/mol. The average Bonchev–Trinajstić information content (AvgIpc) is 2.81. The largest absolute Gasteiger partial charge is 0.366 e. The van der Waals surface area contributed by atoms with Crippen LogP contribution >= 0.6 is 23.4 Å². The zero-order valence-electron chi connectivity index (χ0n) is 17.9. The molecule has 7 nitrogen and oxygen atoms in total. The van der Waals surface area contributed by atoms with Crippen molar-refractivity contribution in [3.05, 3.63) is 65.1 Å². The summed E-state index contributed by atoms with van der Waals surface area (Å²) in [6, 6.07) is 12.9. The van der Waals surface area contributed by atoms with Gasteiger partial charge in [0.05, 0.1) is 22.2 Å². The van der Waals surface area contributed by atoms with Crippen LogP contribution in [-0.4, -0.2) is 47.4 Å². The van der Waals surface area contributed by atoms with E-state index in [9.17, 15) is 9.18 Å². The van der Waals surface area contributed by atoms with E-state index in [1.807, 2.05) is 12.1 Å². The summed E-state index contributed by atoms with van der Waals surface area (Å²) in [6.45, 7) is 5.13. The predicted molar refractivity (Wildman–Crippen MR) is 130 cm³/mol. The lowest BCUT2D eigenvalue weighted by Crippen LogP contribution is -2.49. The number of carbonyl (C=O) groups is 1. The summed E-state index contributed by atoms with van der Waals surface area (Å²) < 4.78 is 14.3. The van der Waals surface area contributed by atoms with Crippen molar-refractivity contribution in [3.63, 3.8) is 0 Å². The Balaban J connectivity index is 1.32. The van der Waals surface area contributed by atoms with Crippen LogP contribution in [0.4, 0.5) is 27.4 Å². The molecule has 0 saturated carbocycles. The quantitative estimate of drug-likeness (QED) is 0.527. The second kappa shape index (κ2) is 9.17. The first-order valence-corrected chi connectivity index (χ1v) is 12.0. The Bertz CT molecular complexity index is 1170. The summed E-state index contributed by atoms with van der Waals surface area (Å²) in [7, 11) is 0. The Morgan fingerprint density at radius 3 is 2.82 bits per heavy atom. The van der Waals surface area contributed by atoms with Gasteiger partial charge in [0.1, 0.15) is 10.8 Å². The van der Waals surface area contributed by atoms with Crippen LogP contribution < -0.4 is 20.4 Å². The second-order valence-corrected chi connectivity index (χ2v) is 9.25. The zero-order chi connectivity index (χ0) is 22.9. The molecular formula is C23H22ClFN6OS. The number of nitrogens with one attached hydrogen (secondary N) is 2. The minimum absolute atomic E-state index is 0.0726. The van der Waals surface area contributed by atoms with Crippen LogP contribution in [0.15, 0.2) is 53.7 Å². The van der Waals surface area contributed by atoms with Crippen LogP contribution in [0.1, 0.15) is 17.3 Å². The van der Waals surface area contributed by atoms with Crippen molar-refractivity contribution in [1.82, 2.24) is 15.3 Å². The molecule has 0 spiro atoms. The molecule has 33 heavy (non-hydrogen) atoms. The summed E-state index contributed by atoms with van der Waals surface area (Å²) >= 11 is 7.48. The highest BCUT2D eigenvalue weighted by Gasteiger charge is 2.31. The highest BCUT2D eigenvalue weighted by molar-refractivity contribution is 7.99. The Morgan fingerprint density at radius 2 is 2.06 bits per heavy atom. The van der Waals surface area contributed by atoms with E-state index in [1.54, 1.807) is 6.07 Å². The SMILES string of the molecule is C[C@@H]1CNCCN1c1ccc(Nc2ncc3c(n2)SCN(c2c(F)cccc2Cl)C3=O)cc1. The number of amides is 1. The van der Waals surface area contributed by atoms with Gasteiger partial charge in [-0.2, -0.15) is 0 Å². The fourth-order valence-electron chi connectivity index (χ4n) is 4.02. The molecule has 2 N–H and O–H groups in total. The number of hydrogen-bond acceptors (Lipinski definition) is 7. The van der Waals surface area contributed by atoms with E-state index in [4.69, 9.17) is 11.6 Å². The summed E-state index contributed by atoms with van der Waals surface area (Å²) in [5.74, 6) is -0.315. The highest BCUT2D eigenvalue weighted by Crippen LogP contribution is 2.37. The van der Waals surface area contributed by atoms with Gasteiger partial charge in [0.15, 0.2) is 0 Å². The normalized spacial score (nSPS) is 18.3. The molecule has 1 atom stereocenters. The molecule has 3 heterocycles. The van der Waals surface area contributed by atoms with Crippen molar-refractivity contribution in [2.45, 2.75) is 18.0 Å². The Labute approximate surface area is 200 Å². The van der Waals surface area contributed by atoms with Crippen LogP contribution in [0, 0.1) is 5.82 Å². The van der Waals surface area contributed by atoms with Crippen molar-refractivity contribution in [2.24, 2.45) is 0 Å². The molecule has 0 radical (unpaired) electrons. The van der Waals surface area contributed by atoms with E-state index in [2.05, 4.69) is 44.6 Å². The number of anilines is 4. The number of thioether (sulfide) groups is 1. The van der Waals surface area contributed by atoms with E-state index < -0.39 is 5.82 Å². The summed E-state index contributed by atoms with van der Waals surface area (Å²) in [6.07, 6.45) is 1.47. The van der Waals surface area contributed by atoms with Crippen molar-refractivity contribution in [1.29, 1.82) is 0 Å². The summed E-state index contributed by atoms with van der Waals surface area (Å²) in [4.78, 5) is 25.5. The maximum atomic E-state index is 14.3. The van der Waals surface area contributed by atoms with Gasteiger partial charge in [-0.3, -0.25) is 9.69 Å². The standard InChI is InChI=1S/C23H22ClFN6OS/c1-14-11-26-9-10-30(14)16-7-5-15(6-8-16)28-23-27-12-17-21(29-23)33-13-31(22(17)32)20-18(24)3-2-4-19(20)25/h2-8,12,14,26H,9-11,13H2,1H3,(H,27,28,29)/t14-/m1/s1. The van der Waals surface area contributed by atoms with Crippen LogP contribution in [0.2, 0.25) is 5.02 Å². The van der Waals surface area contributed by atoms with E-state index in [0.717, 1.165) is 25.3 Å². The van der Waals surface area contributed by atoms with E-state index in [1.165, 1.54) is 40.7 Å². The van der Waals surface area contributed by atoms with Crippen molar-refractivity contribution >= 4 is 52.3 Å². The number of hydrogen-bond donors (Lipinski definition) is 2. The Kier molecular flexibility index (Phi) is 6.09. The Hall–Kier alpha value is -2.88.